The van der Waals surface area contributed by atoms with Crippen LogP contribution in [0.4, 0.5) is 32.6 Å². The number of hydrogen-bond acceptors (Lipinski definition) is 6. The number of halogens is 5. The minimum absolute atomic E-state index is 0.124. The number of hydrogen-bond donors (Lipinski definition) is 0. The minimum Gasteiger partial charge on any atom is -0.437 e. The van der Waals surface area contributed by atoms with Gasteiger partial charge in [0, 0.05) is 51.0 Å². The molecule has 0 bridgehead atoms. The van der Waals surface area contributed by atoms with Crippen LogP contribution < -0.4 is 4.90 Å². The first-order valence-corrected chi connectivity index (χ1v) is 12.6. The molecule has 1 aromatic carbocycles. The number of benzene rings is 1. The summed E-state index contributed by atoms with van der Waals surface area (Å²) in [6.07, 6.45) is -7.93. The Hall–Kier alpha value is -3.02. The average Bonchev–Trinajstić information content (AvgIpc) is 2.80. The smallest absolute Gasteiger partial charge is 0.435 e. The van der Waals surface area contributed by atoms with Crippen LogP contribution in [0.25, 0.3) is 0 Å². The highest BCUT2D eigenvalue weighted by molar-refractivity contribution is 5.70. The van der Waals surface area contributed by atoms with Gasteiger partial charge in [0.05, 0.1) is 12.1 Å². The third kappa shape index (κ3) is 5.02. The standard InChI is InChI=1S/C26H30F5N5O2/c1-17-10-35(21-9-8-20(32-33-21)26(29,30)31)11-18(2)36(17)23(37)38-25(22(27)28)13-24(14-25)15-34(16-24)12-19-6-4-3-5-7-19/h3-9,17-18,22H,10-16H2,1-2H3/t17-,18+. The normalized spacial score (nSPS) is 24.7. The maximum Gasteiger partial charge on any atom is 0.435 e. The Morgan fingerprint density at radius 3 is 2.18 bits per heavy atom. The van der Waals surface area contributed by atoms with E-state index in [1.165, 1.54) is 11.0 Å². The van der Waals surface area contributed by atoms with Crippen LogP contribution in [0.3, 0.4) is 0 Å². The first-order chi connectivity index (χ1) is 17.9. The van der Waals surface area contributed by atoms with Gasteiger partial charge in [0.1, 0.15) is 0 Å². The van der Waals surface area contributed by atoms with Crippen molar-refractivity contribution < 1.29 is 31.5 Å². The predicted molar refractivity (Wildman–Crippen MR) is 129 cm³/mol. The van der Waals surface area contributed by atoms with Crippen LogP contribution in [0.5, 0.6) is 0 Å². The van der Waals surface area contributed by atoms with Gasteiger partial charge in [0.15, 0.2) is 17.1 Å². The van der Waals surface area contributed by atoms with Gasteiger partial charge < -0.3 is 9.64 Å². The monoisotopic (exact) mass is 539 g/mol. The molecule has 0 N–H and O–H groups in total. The van der Waals surface area contributed by atoms with Crippen LogP contribution in [0.15, 0.2) is 42.5 Å². The lowest BCUT2D eigenvalue weighted by Gasteiger charge is -2.63. The quantitative estimate of drug-likeness (QED) is 0.508. The van der Waals surface area contributed by atoms with Gasteiger partial charge in [-0.05, 0) is 31.5 Å². The molecule has 3 aliphatic rings. The van der Waals surface area contributed by atoms with E-state index in [1.807, 2.05) is 30.3 Å². The number of likely N-dealkylation sites (tertiary alicyclic amines) is 1. The summed E-state index contributed by atoms with van der Waals surface area (Å²) in [6, 6.07) is 11.2. The van der Waals surface area contributed by atoms with Crippen molar-refractivity contribution in [3.8, 4) is 0 Å². The first kappa shape index (κ1) is 26.6. The van der Waals surface area contributed by atoms with Crippen LogP contribution in [-0.2, 0) is 17.5 Å². The maximum atomic E-state index is 14.2. The highest BCUT2D eigenvalue weighted by atomic mass is 19.4. The second kappa shape index (κ2) is 9.62. The highest BCUT2D eigenvalue weighted by Crippen LogP contribution is 2.58. The molecule has 7 nitrogen and oxygen atoms in total. The first-order valence-electron chi connectivity index (χ1n) is 12.6. The van der Waals surface area contributed by atoms with E-state index in [9.17, 15) is 26.7 Å². The Bertz CT molecular complexity index is 1120. The summed E-state index contributed by atoms with van der Waals surface area (Å²) in [5.74, 6) is 0.250. The summed E-state index contributed by atoms with van der Waals surface area (Å²) in [7, 11) is 0. The van der Waals surface area contributed by atoms with E-state index in [0.717, 1.165) is 18.2 Å². The Kier molecular flexibility index (Phi) is 6.73. The third-order valence-electron chi connectivity index (χ3n) is 7.80. The molecule has 1 saturated carbocycles. The van der Waals surface area contributed by atoms with Crippen molar-refractivity contribution in [1.82, 2.24) is 20.0 Å². The fraction of sp³-hybridized carbons (Fsp3) is 0.577. The minimum atomic E-state index is -4.59. The molecule has 2 saturated heterocycles. The van der Waals surface area contributed by atoms with Crippen molar-refractivity contribution in [2.45, 2.75) is 63.5 Å². The number of amides is 1. The molecule has 2 aromatic rings. The Balaban J connectivity index is 1.18. The van der Waals surface area contributed by atoms with Gasteiger partial charge in [-0.2, -0.15) is 13.2 Å². The van der Waals surface area contributed by atoms with Crippen LogP contribution in [0, 0.1) is 5.41 Å². The van der Waals surface area contributed by atoms with E-state index in [4.69, 9.17) is 4.74 Å². The molecule has 2 atom stereocenters. The van der Waals surface area contributed by atoms with Crippen molar-refractivity contribution >= 4 is 11.9 Å². The second-order valence-corrected chi connectivity index (χ2v) is 11.0. The summed E-state index contributed by atoms with van der Waals surface area (Å²) in [5, 5.41) is 6.96. The molecule has 38 heavy (non-hydrogen) atoms. The number of rotatable bonds is 5. The second-order valence-electron chi connectivity index (χ2n) is 11.0. The number of nitrogens with zero attached hydrogens (tertiary/aromatic N) is 5. The van der Waals surface area contributed by atoms with Crippen molar-refractivity contribution in [1.29, 1.82) is 0 Å². The molecule has 1 amide bonds. The summed E-state index contributed by atoms with van der Waals surface area (Å²) in [5.41, 5.74) is -1.99. The largest absolute Gasteiger partial charge is 0.437 e. The zero-order valence-electron chi connectivity index (χ0n) is 21.2. The molecule has 3 fully saturated rings. The van der Waals surface area contributed by atoms with Gasteiger partial charge >= 0.3 is 12.3 Å². The number of anilines is 1. The topological polar surface area (TPSA) is 61.8 Å². The zero-order chi connectivity index (χ0) is 27.3. The number of carbonyl (C=O) groups is 1. The SMILES string of the molecule is C[C@@H]1CN(c2ccc(C(F)(F)F)nn2)C[C@H](C)N1C(=O)OC1(C(F)F)CC2(CN(Cc3ccccc3)C2)C1. The lowest BCUT2D eigenvalue weighted by atomic mass is 9.55. The van der Waals surface area contributed by atoms with Crippen molar-refractivity contribution in [3.63, 3.8) is 0 Å². The highest BCUT2D eigenvalue weighted by Gasteiger charge is 2.66. The number of aromatic nitrogens is 2. The molecule has 5 rings (SSSR count). The molecule has 2 aliphatic heterocycles. The van der Waals surface area contributed by atoms with Gasteiger partial charge in [-0.3, -0.25) is 9.80 Å². The Labute approximate surface area is 217 Å². The molecule has 1 aromatic heterocycles. The van der Waals surface area contributed by atoms with Crippen LogP contribution in [0.2, 0.25) is 0 Å². The lowest BCUT2D eigenvalue weighted by Crippen LogP contribution is -2.71. The summed E-state index contributed by atoms with van der Waals surface area (Å²) in [4.78, 5) is 18.5. The van der Waals surface area contributed by atoms with E-state index in [-0.39, 0.29) is 37.2 Å². The van der Waals surface area contributed by atoms with Gasteiger partial charge in [-0.25, -0.2) is 13.6 Å². The molecule has 12 heteroatoms. The number of piperazine rings is 1. The molecule has 206 valence electrons. The molecule has 0 unspecified atom stereocenters. The molecule has 3 heterocycles. The Morgan fingerprint density at radius 2 is 1.66 bits per heavy atom. The lowest BCUT2D eigenvalue weighted by molar-refractivity contribution is -0.243. The molecule has 1 spiro atoms. The number of alkyl halides is 5. The predicted octanol–water partition coefficient (Wildman–Crippen LogP) is 4.83. The number of ether oxygens (including phenoxy) is 1. The molecular weight excluding hydrogens is 509 g/mol. The van der Waals surface area contributed by atoms with Gasteiger partial charge in [0.25, 0.3) is 6.43 Å². The van der Waals surface area contributed by atoms with E-state index < -0.39 is 42.1 Å². The molecule has 0 radical (unpaired) electrons. The van der Waals surface area contributed by atoms with Gasteiger partial charge in [-0.1, -0.05) is 30.3 Å². The van der Waals surface area contributed by atoms with Gasteiger partial charge in [-0.15, -0.1) is 10.2 Å². The van der Waals surface area contributed by atoms with Crippen molar-refractivity contribution in [2.75, 3.05) is 31.1 Å². The summed E-state index contributed by atoms with van der Waals surface area (Å²) in [6.45, 7) is 6.12. The van der Waals surface area contributed by atoms with Crippen LogP contribution in [-0.4, -0.2) is 76.4 Å². The van der Waals surface area contributed by atoms with E-state index in [1.54, 1.807) is 18.7 Å². The molecular formula is C26H30F5N5O2. The molecule has 1 aliphatic carbocycles. The van der Waals surface area contributed by atoms with Crippen LogP contribution in [0.1, 0.15) is 37.9 Å². The van der Waals surface area contributed by atoms with E-state index in [2.05, 4.69) is 15.1 Å². The fourth-order valence-corrected chi connectivity index (χ4v) is 6.31. The van der Waals surface area contributed by atoms with E-state index in [0.29, 0.717) is 13.1 Å². The maximum absolute atomic E-state index is 14.2. The van der Waals surface area contributed by atoms with Gasteiger partial charge in [0.2, 0.25) is 0 Å². The van der Waals surface area contributed by atoms with Crippen LogP contribution >= 0.6 is 0 Å². The average molecular weight is 540 g/mol. The summed E-state index contributed by atoms with van der Waals surface area (Å²) >= 11 is 0. The zero-order valence-corrected chi connectivity index (χ0v) is 21.2. The summed E-state index contributed by atoms with van der Waals surface area (Å²) < 4.78 is 72.3. The van der Waals surface area contributed by atoms with E-state index >= 15 is 0 Å². The number of carbonyl (C=O) groups excluding carboxylic acids is 1. The fourth-order valence-electron chi connectivity index (χ4n) is 6.31. The third-order valence-corrected chi connectivity index (χ3v) is 7.80. The van der Waals surface area contributed by atoms with Crippen molar-refractivity contribution in [3.05, 3.63) is 53.7 Å². The Morgan fingerprint density at radius 1 is 1.03 bits per heavy atom. The van der Waals surface area contributed by atoms with Crippen molar-refractivity contribution in [2.24, 2.45) is 5.41 Å².